The molecule has 58 valence electrons. The van der Waals surface area contributed by atoms with Gasteiger partial charge in [0.15, 0.2) is 0 Å². The molecule has 0 aliphatic heterocycles. The van der Waals surface area contributed by atoms with Crippen LogP contribution in [-0.4, -0.2) is 10.7 Å². The molecule has 0 saturated heterocycles. The first kappa shape index (κ1) is 8.32. The predicted molar refractivity (Wildman–Crippen MR) is 47.5 cm³/mol. The minimum absolute atomic E-state index is 0.887. The van der Waals surface area contributed by atoms with Crippen molar-refractivity contribution in [1.82, 2.24) is 0 Å². The van der Waals surface area contributed by atoms with E-state index >= 15 is 0 Å². The summed E-state index contributed by atoms with van der Waals surface area (Å²) in [6, 6.07) is 1.93. The minimum atomic E-state index is -0.887. The monoisotopic (exact) mass is 166 g/mol. The van der Waals surface area contributed by atoms with Crippen molar-refractivity contribution in [3.8, 4) is 11.8 Å². The van der Waals surface area contributed by atoms with Crippen LogP contribution in [0.25, 0.3) is 0 Å². The first-order chi connectivity index (χ1) is 5.08. The predicted octanol–water partition coefficient (Wildman–Crippen LogP) is 1.87. The SMILES string of the molecule is CC(C)(O)C#Cc1ccsc1. The molecule has 1 aromatic rings. The van der Waals surface area contributed by atoms with Crippen LogP contribution in [0, 0.1) is 11.8 Å². The summed E-state index contributed by atoms with van der Waals surface area (Å²) in [7, 11) is 0. The molecule has 1 heterocycles. The van der Waals surface area contributed by atoms with Gasteiger partial charge in [0.25, 0.3) is 0 Å². The highest BCUT2D eigenvalue weighted by molar-refractivity contribution is 7.08. The number of aliphatic hydroxyl groups is 1. The molecule has 0 bridgehead atoms. The molecule has 0 aliphatic rings. The molecule has 0 aliphatic carbocycles. The normalized spacial score (nSPS) is 10.5. The second-order valence-corrected chi connectivity index (χ2v) is 3.60. The molecule has 1 aromatic heterocycles. The van der Waals surface area contributed by atoms with E-state index in [1.165, 1.54) is 0 Å². The Balaban J connectivity index is 2.74. The van der Waals surface area contributed by atoms with Crippen LogP contribution in [0.1, 0.15) is 19.4 Å². The molecule has 1 nitrogen and oxygen atoms in total. The Bertz CT molecular complexity index is 269. The summed E-state index contributed by atoms with van der Waals surface area (Å²) < 4.78 is 0. The van der Waals surface area contributed by atoms with E-state index in [0.29, 0.717) is 0 Å². The Morgan fingerprint density at radius 3 is 2.73 bits per heavy atom. The van der Waals surface area contributed by atoms with E-state index < -0.39 is 5.60 Å². The van der Waals surface area contributed by atoms with Gasteiger partial charge in [0.1, 0.15) is 5.60 Å². The smallest absolute Gasteiger partial charge is 0.120 e. The van der Waals surface area contributed by atoms with E-state index in [4.69, 9.17) is 0 Å². The first-order valence-electron chi connectivity index (χ1n) is 3.36. The van der Waals surface area contributed by atoms with Crippen LogP contribution in [0.4, 0.5) is 0 Å². The second kappa shape index (κ2) is 3.08. The third kappa shape index (κ3) is 3.22. The summed E-state index contributed by atoms with van der Waals surface area (Å²) in [6.45, 7) is 3.35. The zero-order chi connectivity index (χ0) is 8.32. The van der Waals surface area contributed by atoms with E-state index in [0.717, 1.165) is 5.56 Å². The van der Waals surface area contributed by atoms with Crippen LogP contribution in [-0.2, 0) is 0 Å². The number of thiophene rings is 1. The van der Waals surface area contributed by atoms with Gasteiger partial charge < -0.3 is 5.11 Å². The largest absolute Gasteiger partial charge is 0.378 e. The first-order valence-corrected chi connectivity index (χ1v) is 4.30. The maximum absolute atomic E-state index is 9.25. The van der Waals surface area contributed by atoms with E-state index in [2.05, 4.69) is 11.8 Å². The maximum atomic E-state index is 9.25. The molecule has 1 N–H and O–H groups in total. The van der Waals surface area contributed by atoms with Crippen molar-refractivity contribution in [3.63, 3.8) is 0 Å². The molecule has 0 amide bonds. The zero-order valence-corrected chi connectivity index (χ0v) is 7.40. The van der Waals surface area contributed by atoms with Gasteiger partial charge in [0.2, 0.25) is 0 Å². The quantitative estimate of drug-likeness (QED) is 0.583. The Morgan fingerprint density at radius 1 is 1.55 bits per heavy atom. The number of rotatable bonds is 0. The van der Waals surface area contributed by atoms with Crippen LogP contribution < -0.4 is 0 Å². The van der Waals surface area contributed by atoms with Gasteiger partial charge >= 0.3 is 0 Å². The van der Waals surface area contributed by atoms with E-state index in [9.17, 15) is 5.11 Å². The molecule has 0 saturated carbocycles. The Morgan fingerprint density at radius 2 is 2.27 bits per heavy atom. The molecule has 0 fully saturated rings. The lowest BCUT2D eigenvalue weighted by molar-refractivity contribution is 0.143. The highest BCUT2D eigenvalue weighted by Gasteiger charge is 2.05. The molecule has 0 atom stereocenters. The van der Waals surface area contributed by atoms with Gasteiger partial charge in [-0.3, -0.25) is 0 Å². The van der Waals surface area contributed by atoms with E-state index in [-0.39, 0.29) is 0 Å². The average Bonchev–Trinajstić information content (AvgIpc) is 2.32. The zero-order valence-electron chi connectivity index (χ0n) is 6.59. The molecule has 2 heteroatoms. The standard InChI is InChI=1S/C9H10OS/c1-9(2,10)5-3-8-4-6-11-7-8/h4,6-7,10H,1-2H3. The molecule has 0 spiro atoms. The fourth-order valence-corrected chi connectivity index (χ4v) is 1.15. The van der Waals surface area contributed by atoms with Gasteiger partial charge in [0, 0.05) is 10.9 Å². The minimum Gasteiger partial charge on any atom is -0.378 e. The fraction of sp³-hybridized carbons (Fsp3) is 0.333. The Kier molecular flexibility index (Phi) is 2.33. The number of hydrogen-bond acceptors (Lipinski definition) is 2. The van der Waals surface area contributed by atoms with Gasteiger partial charge in [-0.05, 0) is 25.3 Å². The van der Waals surface area contributed by atoms with Gasteiger partial charge in [-0.2, -0.15) is 11.3 Å². The number of hydrogen-bond donors (Lipinski definition) is 1. The van der Waals surface area contributed by atoms with Crippen molar-refractivity contribution in [1.29, 1.82) is 0 Å². The van der Waals surface area contributed by atoms with Crippen LogP contribution >= 0.6 is 11.3 Å². The van der Waals surface area contributed by atoms with Crippen molar-refractivity contribution in [2.75, 3.05) is 0 Å². The van der Waals surface area contributed by atoms with Gasteiger partial charge in [-0.1, -0.05) is 11.8 Å². The Labute approximate surface area is 70.7 Å². The molecule has 1 rings (SSSR count). The topological polar surface area (TPSA) is 20.2 Å². The third-order valence-corrected chi connectivity index (χ3v) is 1.72. The lowest BCUT2D eigenvalue weighted by Crippen LogP contribution is -2.14. The summed E-state index contributed by atoms with van der Waals surface area (Å²) in [6.07, 6.45) is 0. The van der Waals surface area contributed by atoms with Crippen molar-refractivity contribution in [2.45, 2.75) is 19.4 Å². The molecule has 11 heavy (non-hydrogen) atoms. The van der Waals surface area contributed by atoms with Crippen molar-refractivity contribution < 1.29 is 5.11 Å². The van der Waals surface area contributed by atoms with Crippen LogP contribution in [0.2, 0.25) is 0 Å². The third-order valence-electron chi connectivity index (χ3n) is 1.03. The highest BCUT2D eigenvalue weighted by atomic mass is 32.1. The average molecular weight is 166 g/mol. The lowest BCUT2D eigenvalue weighted by atomic mass is 10.1. The molecule has 0 unspecified atom stereocenters. The summed E-state index contributed by atoms with van der Waals surface area (Å²) in [5, 5.41) is 13.2. The Hall–Kier alpha value is -0.780. The molecular weight excluding hydrogens is 156 g/mol. The van der Waals surface area contributed by atoms with E-state index in [1.54, 1.807) is 25.2 Å². The summed E-state index contributed by atoms with van der Waals surface area (Å²) in [5.41, 5.74) is 0.0826. The van der Waals surface area contributed by atoms with Crippen molar-refractivity contribution in [3.05, 3.63) is 22.4 Å². The lowest BCUT2D eigenvalue weighted by Gasteiger charge is -2.05. The summed E-state index contributed by atoms with van der Waals surface area (Å²) >= 11 is 1.61. The maximum Gasteiger partial charge on any atom is 0.120 e. The summed E-state index contributed by atoms with van der Waals surface area (Å²) in [5.74, 6) is 5.61. The van der Waals surface area contributed by atoms with Crippen LogP contribution in [0.5, 0.6) is 0 Å². The highest BCUT2D eigenvalue weighted by Crippen LogP contribution is 2.05. The van der Waals surface area contributed by atoms with Crippen molar-refractivity contribution >= 4 is 11.3 Å². The summed E-state index contributed by atoms with van der Waals surface area (Å²) in [4.78, 5) is 0. The van der Waals surface area contributed by atoms with Crippen LogP contribution in [0.15, 0.2) is 16.8 Å². The van der Waals surface area contributed by atoms with Gasteiger partial charge in [0.05, 0.1) is 0 Å². The van der Waals surface area contributed by atoms with E-state index in [1.807, 2.05) is 16.8 Å². The van der Waals surface area contributed by atoms with Gasteiger partial charge in [-0.15, -0.1) is 0 Å². The fourth-order valence-electron chi connectivity index (χ4n) is 0.561. The second-order valence-electron chi connectivity index (χ2n) is 2.82. The van der Waals surface area contributed by atoms with Crippen molar-refractivity contribution in [2.24, 2.45) is 0 Å². The van der Waals surface area contributed by atoms with Gasteiger partial charge in [-0.25, -0.2) is 0 Å². The molecular formula is C9H10OS. The molecule has 0 aromatic carbocycles. The van der Waals surface area contributed by atoms with Crippen LogP contribution in [0.3, 0.4) is 0 Å². The molecule has 0 radical (unpaired) electrons.